The Morgan fingerprint density at radius 2 is 1.86 bits per heavy atom. The van der Waals surface area contributed by atoms with Crippen LogP contribution in [-0.4, -0.2) is 15.7 Å². The number of hydrogen-bond acceptors (Lipinski definition) is 2. The van der Waals surface area contributed by atoms with E-state index in [1.807, 2.05) is 44.4 Å². The summed E-state index contributed by atoms with van der Waals surface area (Å²) in [6.07, 6.45) is -1.79. The average molecular weight is 401 g/mol. The van der Waals surface area contributed by atoms with Gasteiger partial charge in [-0.15, -0.1) is 0 Å². The second-order valence-electron chi connectivity index (χ2n) is 7.02. The first-order valence-corrected chi connectivity index (χ1v) is 9.25. The van der Waals surface area contributed by atoms with Gasteiger partial charge in [-0.1, -0.05) is 42.0 Å². The number of alkyl halides is 3. The van der Waals surface area contributed by atoms with Crippen molar-refractivity contribution in [2.45, 2.75) is 32.5 Å². The number of rotatable bonds is 6. The number of carbonyl (C=O) groups excluding carboxylic acids is 1. The molecule has 1 heterocycles. The third-order valence-electron chi connectivity index (χ3n) is 4.59. The fourth-order valence-corrected chi connectivity index (χ4v) is 3.07. The first-order valence-electron chi connectivity index (χ1n) is 9.25. The lowest BCUT2D eigenvalue weighted by atomic mass is 10.0. The maximum atomic E-state index is 12.8. The Hall–Kier alpha value is -3.09. The van der Waals surface area contributed by atoms with Crippen LogP contribution in [0.1, 0.15) is 28.7 Å². The lowest BCUT2D eigenvalue weighted by Gasteiger charge is -2.10. The molecule has 3 rings (SSSR count). The highest BCUT2D eigenvalue weighted by Crippen LogP contribution is 2.29. The second-order valence-corrected chi connectivity index (χ2v) is 7.02. The van der Waals surface area contributed by atoms with Gasteiger partial charge in [0.05, 0.1) is 11.3 Å². The van der Waals surface area contributed by atoms with Crippen LogP contribution in [0, 0.1) is 6.92 Å². The van der Waals surface area contributed by atoms with Crippen molar-refractivity contribution in [2.24, 2.45) is 7.05 Å². The third-order valence-corrected chi connectivity index (χ3v) is 4.59. The normalized spacial score (nSPS) is 11.5. The summed E-state index contributed by atoms with van der Waals surface area (Å²) in [7, 11) is 1.83. The molecule has 0 unspecified atom stereocenters. The Balaban J connectivity index is 1.60. The molecule has 0 aliphatic heterocycles. The van der Waals surface area contributed by atoms with Crippen LogP contribution in [0.5, 0.6) is 0 Å². The monoisotopic (exact) mass is 401 g/mol. The van der Waals surface area contributed by atoms with E-state index in [1.165, 1.54) is 6.07 Å². The van der Waals surface area contributed by atoms with Gasteiger partial charge in [0.25, 0.3) is 0 Å². The van der Waals surface area contributed by atoms with Gasteiger partial charge in [-0.25, -0.2) is 0 Å². The predicted molar refractivity (Wildman–Crippen MR) is 105 cm³/mol. The molecule has 0 bridgehead atoms. The van der Waals surface area contributed by atoms with E-state index in [2.05, 4.69) is 10.4 Å². The molecule has 0 atom stereocenters. The maximum Gasteiger partial charge on any atom is 0.416 e. The SMILES string of the molecule is Cc1ccc(-c2nn(C)cc2CCC(=O)NCc2cccc(C(F)(F)F)c2)cc1. The zero-order valence-electron chi connectivity index (χ0n) is 16.3. The Morgan fingerprint density at radius 3 is 2.55 bits per heavy atom. The van der Waals surface area contributed by atoms with Gasteiger partial charge in [0, 0.05) is 31.8 Å². The average Bonchev–Trinajstić information content (AvgIpc) is 3.05. The van der Waals surface area contributed by atoms with Crippen LogP contribution in [0.15, 0.2) is 54.7 Å². The number of aromatic nitrogens is 2. The second kappa shape index (κ2) is 8.51. The van der Waals surface area contributed by atoms with E-state index < -0.39 is 11.7 Å². The summed E-state index contributed by atoms with van der Waals surface area (Å²) in [6, 6.07) is 13.0. The van der Waals surface area contributed by atoms with Crippen LogP contribution in [0.25, 0.3) is 11.3 Å². The van der Waals surface area contributed by atoms with E-state index in [4.69, 9.17) is 0 Å². The topological polar surface area (TPSA) is 46.9 Å². The van der Waals surface area contributed by atoms with Crippen LogP contribution < -0.4 is 5.32 Å². The number of aryl methyl sites for hydroxylation is 3. The van der Waals surface area contributed by atoms with Gasteiger partial charge in [0.2, 0.25) is 5.91 Å². The van der Waals surface area contributed by atoms with Crippen LogP contribution in [0.4, 0.5) is 13.2 Å². The van der Waals surface area contributed by atoms with Crippen LogP contribution in [0.2, 0.25) is 0 Å². The van der Waals surface area contributed by atoms with E-state index in [0.29, 0.717) is 12.0 Å². The fourth-order valence-electron chi connectivity index (χ4n) is 3.07. The smallest absolute Gasteiger partial charge is 0.352 e. The van der Waals surface area contributed by atoms with Crippen molar-refractivity contribution in [3.63, 3.8) is 0 Å². The standard InChI is InChI=1S/C22H22F3N3O/c1-15-6-8-17(9-7-15)21-18(14-28(2)27-21)10-11-20(29)26-13-16-4-3-5-19(12-16)22(23,24)25/h3-9,12,14H,10-11,13H2,1-2H3,(H,26,29). The number of nitrogens with one attached hydrogen (secondary N) is 1. The van der Waals surface area contributed by atoms with Crippen molar-refractivity contribution in [3.05, 3.63) is 77.0 Å². The van der Waals surface area contributed by atoms with Crippen molar-refractivity contribution in [3.8, 4) is 11.3 Å². The van der Waals surface area contributed by atoms with Gasteiger partial charge in [0.1, 0.15) is 0 Å². The molecular weight excluding hydrogens is 379 g/mol. The summed E-state index contributed by atoms with van der Waals surface area (Å²) < 4.78 is 40.1. The molecule has 29 heavy (non-hydrogen) atoms. The quantitative estimate of drug-likeness (QED) is 0.653. The summed E-state index contributed by atoms with van der Waals surface area (Å²) in [5.74, 6) is -0.221. The number of benzene rings is 2. The van der Waals surface area contributed by atoms with Crippen LogP contribution >= 0.6 is 0 Å². The third kappa shape index (κ3) is 5.47. The fraction of sp³-hybridized carbons (Fsp3) is 0.273. The summed E-state index contributed by atoms with van der Waals surface area (Å²) in [5, 5.41) is 7.18. The first-order chi connectivity index (χ1) is 13.7. The molecule has 1 aromatic heterocycles. The lowest BCUT2D eigenvalue weighted by molar-refractivity contribution is -0.137. The Morgan fingerprint density at radius 1 is 1.14 bits per heavy atom. The van der Waals surface area contributed by atoms with Crippen molar-refractivity contribution in [2.75, 3.05) is 0 Å². The van der Waals surface area contributed by atoms with E-state index in [-0.39, 0.29) is 18.9 Å². The zero-order chi connectivity index (χ0) is 21.0. The molecule has 0 aliphatic rings. The van der Waals surface area contributed by atoms with E-state index in [1.54, 1.807) is 10.7 Å². The number of amides is 1. The largest absolute Gasteiger partial charge is 0.416 e. The summed E-state index contributed by atoms with van der Waals surface area (Å²) in [6.45, 7) is 2.07. The number of carbonyl (C=O) groups is 1. The molecule has 1 N–H and O–H groups in total. The molecular formula is C22H22F3N3O. The van der Waals surface area contributed by atoms with E-state index in [0.717, 1.165) is 34.5 Å². The first kappa shape index (κ1) is 20.6. The molecule has 0 saturated carbocycles. The minimum absolute atomic E-state index is 0.0562. The molecule has 3 aromatic rings. The maximum absolute atomic E-state index is 12.8. The van der Waals surface area contributed by atoms with E-state index >= 15 is 0 Å². The number of hydrogen-bond donors (Lipinski definition) is 1. The molecule has 0 saturated heterocycles. The minimum Gasteiger partial charge on any atom is -0.352 e. The highest BCUT2D eigenvalue weighted by molar-refractivity contribution is 5.76. The molecule has 1 amide bonds. The van der Waals surface area contributed by atoms with Crippen LogP contribution in [0.3, 0.4) is 0 Å². The summed E-state index contributed by atoms with van der Waals surface area (Å²) in [4.78, 5) is 12.2. The molecule has 0 fully saturated rings. The van der Waals surface area contributed by atoms with Crippen molar-refractivity contribution in [1.29, 1.82) is 0 Å². The number of halogens is 3. The van der Waals surface area contributed by atoms with Crippen molar-refractivity contribution in [1.82, 2.24) is 15.1 Å². The number of nitrogens with zero attached hydrogens (tertiary/aromatic N) is 2. The highest BCUT2D eigenvalue weighted by Gasteiger charge is 2.30. The molecule has 0 spiro atoms. The van der Waals surface area contributed by atoms with Crippen molar-refractivity contribution < 1.29 is 18.0 Å². The Kier molecular flexibility index (Phi) is 6.06. The summed E-state index contributed by atoms with van der Waals surface area (Å²) in [5.41, 5.74) is 3.61. The molecule has 0 aliphatic carbocycles. The van der Waals surface area contributed by atoms with Gasteiger partial charge in [0.15, 0.2) is 0 Å². The highest BCUT2D eigenvalue weighted by atomic mass is 19.4. The minimum atomic E-state index is -4.40. The summed E-state index contributed by atoms with van der Waals surface area (Å²) >= 11 is 0. The van der Waals surface area contributed by atoms with Gasteiger partial charge < -0.3 is 5.32 Å². The Labute approximate surface area is 167 Å². The van der Waals surface area contributed by atoms with Gasteiger partial charge in [-0.05, 0) is 36.6 Å². The molecule has 152 valence electrons. The predicted octanol–water partition coefficient (Wildman–Crippen LogP) is 4.66. The van der Waals surface area contributed by atoms with Gasteiger partial charge in [-0.2, -0.15) is 18.3 Å². The van der Waals surface area contributed by atoms with Crippen molar-refractivity contribution >= 4 is 5.91 Å². The molecule has 7 heteroatoms. The molecule has 0 radical (unpaired) electrons. The lowest BCUT2D eigenvalue weighted by Crippen LogP contribution is -2.23. The zero-order valence-corrected chi connectivity index (χ0v) is 16.3. The Bertz CT molecular complexity index is 991. The molecule has 4 nitrogen and oxygen atoms in total. The van der Waals surface area contributed by atoms with E-state index in [9.17, 15) is 18.0 Å². The van der Waals surface area contributed by atoms with Crippen LogP contribution in [-0.2, 0) is 31.0 Å². The van der Waals surface area contributed by atoms with Gasteiger partial charge in [-0.3, -0.25) is 9.48 Å². The van der Waals surface area contributed by atoms with Gasteiger partial charge >= 0.3 is 6.18 Å². The molecule has 2 aromatic carbocycles.